The molecule has 0 amide bonds. The molecule has 0 aromatic carbocycles. The topological polar surface area (TPSA) is 57.9 Å². The maximum Gasteiger partial charge on any atom is 0.272 e. The minimum Gasteiger partial charge on any atom is -0.206 e. The van der Waals surface area contributed by atoms with Crippen LogP contribution in [0, 0.1) is 18.3 Å². The van der Waals surface area contributed by atoms with Crippen LogP contribution in [0.4, 0.5) is 0 Å². The zero-order valence-electron chi connectivity index (χ0n) is 6.04. The lowest BCUT2D eigenvalue weighted by molar-refractivity contribution is 0.611. The molecule has 0 radical (unpaired) electrons. The first kappa shape index (κ1) is 9.52. The summed E-state index contributed by atoms with van der Waals surface area (Å²) in [5.41, 5.74) is 0.118. The summed E-state index contributed by atoms with van der Waals surface area (Å²) in [6, 6.07) is 3.27. The molecular formula is C6H4ClNO2S2. The molecule has 0 saturated carbocycles. The summed E-state index contributed by atoms with van der Waals surface area (Å²) in [5, 5.41) is 8.53. The van der Waals surface area contributed by atoms with Gasteiger partial charge in [-0.25, -0.2) is 8.42 Å². The smallest absolute Gasteiger partial charge is 0.206 e. The van der Waals surface area contributed by atoms with Gasteiger partial charge < -0.3 is 0 Å². The van der Waals surface area contributed by atoms with E-state index < -0.39 is 9.05 Å². The van der Waals surface area contributed by atoms with E-state index in [9.17, 15) is 8.42 Å². The number of aryl methyl sites for hydroxylation is 1. The fourth-order valence-electron chi connectivity index (χ4n) is 0.752. The van der Waals surface area contributed by atoms with Crippen LogP contribution >= 0.6 is 22.0 Å². The van der Waals surface area contributed by atoms with E-state index in [2.05, 4.69) is 0 Å². The average molecular weight is 222 g/mol. The quantitative estimate of drug-likeness (QED) is 0.680. The van der Waals surface area contributed by atoms with Crippen molar-refractivity contribution >= 4 is 31.1 Å². The third-order valence-corrected chi connectivity index (χ3v) is 4.32. The second-order valence-electron chi connectivity index (χ2n) is 2.11. The van der Waals surface area contributed by atoms with Crippen molar-refractivity contribution in [3.8, 4) is 6.07 Å². The lowest BCUT2D eigenvalue weighted by Gasteiger charge is -1.87. The monoisotopic (exact) mass is 221 g/mol. The first-order chi connectivity index (χ1) is 5.45. The average Bonchev–Trinajstić information content (AvgIpc) is 2.29. The minimum atomic E-state index is -3.76. The number of nitrogens with zero attached hydrogens (tertiary/aromatic N) is 1. The minimum absolute atomic E-state index is 0.0656. The maximum atomic E-state index is 10.9. The molecule has 1 rings (SSSR count). The molecule has 0 bridgehead atoms. The zero-order chi connectivity index (χ0) is 9.35. The van der Waals surface area contributed by atoms with Crippen LogP contribution in [0.3, 0.4) is 0 Å². The second-order valence-corrected chi connectivity index (χ2v) is 6.13. The normalized spacial score (nSPS) is 11.1. The molecule has 12 heavy (non-hydrogen) atoms. The maximum absolute atomic E-state index is 10.9. The van der Waals surface area contributed by atoms with Crippen molar-refractivity contribution < 1.29 is 8.42 Å². The van der Waals surface area contributed by atoms with E-state index in [1.807, 2.05) is 0 Å². The van der Waals surface area contributed by atoms with Crippen LogP contribution in [0.25, 0.3) is 0 Å². The van der Waals surface area contributed by atoms with E-state index in [0.717, 1.165) is 16.2 Å². The van der Waals surface area contributed by atoms with Gasteiger partial charge in [0.1, 0.15) is 6.07 Å². The molecule has 1 aromatic rings. The fourth-order valence-corrected chi connectivity index (χ4v) is 3.13. The van der Waals surface area contributed by atoms with E-state index in [-0.39, 0.29) is 9.77 Å². The molecule has 0 N–H and O–H groups in total. The van der Waals surface area contributed by atoms with Gasteiger partial charge in [-0.15, -0.1) is 11.3 Å². The molecule has 0 aliphatic rings. The predicted molar refractivity (Wildman–Crippen MR) is 46.8 cm³/mol. The van der Waals surface area contributed by atoms with Crippen LogP contribution in [0.1, 0.15) is 10.4 Å². The van der Waals surface area contributed by atoms with Gasteiger partial charge in [0.05, 0.1) is 5.56 Å². The number of hydrogen-bond donors (Lipinski definition) is 0. The molecule has 0 unspecified atom stereocenters. The molecule has 0 fully saturated rings. The van der Waals surface area contributed by atoms with Gasteiger partial charge in [0.2, 0.25) is 0 Å². The van der Waals surface area contributed by atoms with Crippen LogP contribution in [-0.4, -0.2) is 8.42 Å². The van der Waals surface area contributed by atoms with Crippen LogP contribution in [0.2, 0.25) is 0 Å². The van der Waals surface area contributed by atoms with Gasteiger partial charge in [-0.3, -0.25) is 0 Å². The van der Waals surface area contributed by atoms with E-state index in [4.69, 9.17) is 15.9 Å². The van der Waals surface area contributed by atoms with Gasteiger partial charge in [-0.05, 0) is 13.0 Å². The summed E-state index contributed by atoms with van der Waals surface area (Å²) < 4.78 is 21.6. The number of hydrogen-bond acceptors (Lipinski definition) is 4. The Bertz CT molecular complexity index is 441. The van der Waals surface area contributed by atoms with Crippen molar-refractivity contribution in [2.24, 2.45) is 0 Å². The summed E-state index contributed by atoms with van der Waals surface area (Å²) in [7, 11) is 1.33. The summed E-state index contributed by atoms with van der Waals surface area (Å²) in [6.45, 7) is 1.72. The van der Waals surface area contributed by atoms with E-state index in [1.54, 1.807) is 13.0 Å². The number of thiophene rings is 1. The van der Waals surface area contributed by atoms with Gasteiger partial charge in [-0.2, -0.15) is 5.26 Å². The van der Waals surface area contributed by atoms with Crippen LogP contribution in [0.5, 0.6) is 0 Å². The summed E-state index contributed by atoms with van der Waals surface area (Å²) in [5.74, 6) is 0. The van der Waals surface area contributed by atoms with Gasteiger partial charge in [0.25, 0.3) is 9.05 Å². The van der Waals surface area contributed by atoms with E-state index >= 15 is 0 Å². The highest BCUT2D eigenvalue weighted by molar-refractivity contribution is 8.15. The standard InChI is InChI=1S/C6H4ClNO2S2/c1-4-2-5(3-8)6(11-4)12(7,9)10/h2H,1H3. The van der Waals surface area contributed by atoms with Crippen LogP contribution < -0.4 is 0 Å². The van der Waals surface area contributed by atoms with E-state index in [0.29, 0.717) is 0 Å². The number of halogens is 1. The molecule has 0 saturated heterocycles. The van der Waals surface area contributed by atoms with Crippen molar-refractivity contribution in [2.45, 2.75) is 11.1 Å². The van der Waals surface area contributed by atoms with Crippen molar-refractivity contribution in [3.05, 3.63) is 16.5 Å². The Hall–Kier alpha value is -0.570. The van der Waals surface area contributed by atoms with Crippen LogP contribution in [-0.2, 0) is 9.05 Å². The van der Waals surface area contributed by atoms with Gasteiger partial charge in [0.15, 0.2) is 4.21 Å². The molecule has 1 aromatic heterocycles. The van der Waals surface area contributed by atoms with Gasteiger partial charge in [-0.1, -0.05) is 0 Å². The first-order valence-electron chi connectivity index (χ1n) is 2.90. The highest BCUT2D eigenvalue weighted by Gasteiger charge is 2.18. The number of rotatable bonds is 1. The van der Waals surface area contributed by atoms with E-state index in [1.165, 1.54) is 6.07 Å². The molecular weight excluding hydrogens is 218 g/mol. The highest BCUT2D eigenvalue weighted by Crippen LogP contribution is 2.28. The highest BCUT2D eigenvalue weighted by atomic mass is 35.7. The molecule has 6 heteroatoms. The Labute approximate surface area is 78.6 Å². The Kier molecular flexibility index (Phi) is 2.42. The zero-order valence-corrected chi connectivity index (χ0v) is 8.42. The molecule has 1 heterocycles. The number of nitriles is 1. The molecule has 0 aliphatic carbocycles. The summed E-state index contributed by atoms with van der Waals surface area (Å²) in [6.07, 6.45) is 0. The SMILES string of the molecule is Cc1cc(C#N)c(S(=O)(=O)Cl)s1. The fraction of sp³-hybridized carbons (Fsp3) is 0.167. The molecule has 3 nitrogen and oxygen atoms in total. The summed E-state index contributed by atoms with van der Waals surface area (Å²) >= 11 is 1.00. The molecule has 0 spiro atoms. The second kappa shape index (κ2) is 3.05. The van der Waals surface area contributed by atoms with Crippen molar-refractivity contribution in [3.63, 3.8) is 0 Å². The molecule has 0 atom stereocenters. The molecule has 0 aliphatic heterocycles. The van der Waals surface area contributed by atoms with Gasteiger partial charge in [0, 0.05) is 15.6 Å². The van der Waals surface area contributed by atoms with Crippen molar-refractivity contribution in [1.82, 2.24) is 0 Å². The Morgan fingerprint density at radius 1 is 1.67 bits per heavy atom. The third-order valence-electron chi connectivity index (χ3n) is 1.16. The Balaban J connectivity index is 3.46. The molecule has 64 valence electrons. The van der Waals surface area contributed by atoms with Crippen molar-refractivity contribution in [1.29, 1.82) is 5.26 Å². The largest absolute Gasteiger partial charge is 0.272 e. The van der Waals surface area contributed by atoms with Crippen LogP contribution in [0.15, 0.2) is 10.3 Å². The third kappa shape index (κ3) is 1.78. The predicted octanol–water partition coefficient (Wildman–Crippen LogP) is 1.86. The lowest BCUT2D eigenvalue weighted by Crippen LogP contribution is -1.88. The van der Waals surface area contributed by atoms with Gasteiger partial charge >= 0.3 is 0 Å². The Morgan fingerprint density at radius 3 is 2.58 bits per heavy atom. The lowest BCUT2D eigenvalue weighted by atomic mass is 10.3. The van der Waals surface area contributed by atoms with Crippen molar-refractivity contribution in [2.75, 3.05) is 0 Å². The Morgan fingerprint density at radius 2 is 2.25 bits per heavy atom. The summed E-state index contributed by atoms with van der Waals surface area (Å²) in [4.78, 5) is 0.755. The first-order valence-corrected chi connectivity index (χ1v) is 6.03.